The van der Waals surface area contributed by atoms with Crippen molar-refractivity contribution in [1.82, 2.24) is 10.2 Å². The first kappa shape index (κ1) is 26.6. The summed E-state index contributed by atoms with van der Waals surface area (Å²) in [6.45, 7) is 11.2. The molecule has 1 amide bonds. The average molecular weight is 531 g/mol. The van der Waals surface area contributed by atoms with Crippen molar-refractivity contribution in [2.75, 3.05) is 20.2 Å². The molecular formula is C32H35FN2O4. The Bertz CT molecular complexity index is 1490. The molecule has 7 heteroatoms. The number of fused-ring (bicyclic) bond motifs is 3. The number of phenols is 1. The molecule has 2 aliphatic heterocycles. The quantitative estimate of drug-likeness (QED) is 0.457. The zero-order valence-electron chi connectivity index (χ0n) is 23.4. The van der Waals surface area contributed by atoms with E-state index in [4.69, 9.17) is 9.47 Å². The van der Waals surface area contributed by atoms with Crippen LogP contribution in [0.5, 0.6) is 17.2 Å². The first-order valence-corrected chi connectivity index (χ1v) is 13.4. The van der Waals surface area contributed by atoms with Crippen LogP contribution in [0.2, 0.25) is 0 Å². The van der Waals surface area contributed by atoms with Crippen molar-refractivity contribution < 1.29 is 23.8 Å². The summed E-state index contributed by atoms with van der Waals surface area (Å²) in [5, 5.41) is 14.2. The number of phenolic OH excluding ortho intramolecular Hbond substituents is 1. The van der Waals surface area contributed by atoms with Gasteiger partial charge in [0.1, 0.15) is 17.3 Å². The summed E-state index contributed by atoms with van der Waals surface area (Å²) in [6, 6.07) is 7.81. The molecule has 2 heterocycles. The van der Waals surface area contributed by atoms with E-state index in [0.717, 1.165) is 34.4 Å². The number of rotatable bonds is 5. The van der Waals surface area contributed by atoms with E-state index in [1.165, 1.54) is 19.2 Å². The molecule has 204 valence electrons. The number of aromatic hydroxyl groups is 1. The number of methoxy groups -OCH3 is 1. The number of dihydropyridines is 1. The van der Waals surface area contributed by atoms with Gasteiger partial charge in [0.25, 0.3) is 5.91 Å². The maximum absolute atomic E-state index is 15.5. The van der Waals surface area contributed by atoms with E-state index >= 15 is 4.39 Å². The summed E-state index contributed by atoms with van der Waals surface area (Å²) in [5.41, 5.74) is 5.87. The molecule has 6 nitrogen and oxygen atoms in total. The fraction of sp³-hybridized carbons (Fsp3) is 0.344. The molecule has 0 saturated heterocycles. The van der Waals surface area contributed by atoms with Crippen molar-refractivity contribution in [1.29, 1.82) is 0 Å². The van der Waals surface area contributed by atoms with Gasteiger partial charge in [0.15, 0.2) is 11.5 Å². The minimum absolute atomic E-state index is 0.0234. The molecule has 39 heavy (non-hydrogen) atoms. The molecule has 0 atom stereocenters. The minimum atomic E-state index is -0.500. The van der Waals surface area contributed by atoms with E-state index in [9.17, 15) is 9.90 Å². The molecular weight excluding hydrogens is 495 g/mol. The number of ether oxygens (including phenoxy) is 2. The Morgan fingerprint density at radius 3 is 2.62 bits per heavy atom. The second-order valence-corrected chi connectivity index (χ2v) is 10.7. The predicted molar refractivity (Wildman–Crippen MR) is 151 cm³/mol. The second kappa shape index (κ2) is 9.95. The summed E-state index contributed by atoms with van der Waals surface area (Å²) in [4.78, 5) is 15.1. The van der Waals surface area contributed by atoms with Gasteiger partial charge >= 0.3 is 0 Å². The molecule has 0 bridgehead atoms. The summed E-state index contributed by atoms with van der Waals surface area (Å²) < 4.78 is 27.6. The lowest BCUT2D eigenvalue weighted by Crippen LogP contribution is -2.41. The monoisotopic (exact) mass is 530 g/mol. The Morgan fingerprint density at radius 2 is 1.92 bits per heavy atom. The Labute approximate surface area is 229 Å². The first-order valence-electron chi connectivity index (χ1n) is 13.4. The maximum atomic E-state index is 15.5. The minimum Gasteiger partial charge on any atom is -0.504 e. The molecule has 3 aliphatic rings. The van der Waals surface area contributed by atoms with Gasteiger partial charge in [0, 0.05) is 41.1 Å². The summed E-state index contributed by atoms with van der Waals surface area (Å²) in [5.74, 6) is 0.597. The van der Waals surface area contributed by atoms with Gasteiger partial charge < -0.3 is 24.8 Å². The third-order valence-electron chi connectivity index (χ3n) is 7.60. The van der Waals surface area contributed by atoms with Crippen LogP contribution in [-0.2, 0) is 0 Å². The van der Waals surface area contributed by atoms with Gasteiger partial charge in [-0.25, -0.2) is 4.39 Å². The van der Waals surface area contributed by atoms with E-state index in [2.05, 4.69) is 32.2 Å². The van der Waals surface area contributed by atoms with Crippen LogP contribution in [0.4, 0.5) is 4.39 Å². The molecule has 0 spiro atoms. The number of amides is 1. The molecule has 2 aromatic rings. The van der Waals surface area contributed by atoms with Gasteiger partial charge in [0.05, 0.1) is 18.2 Å². The van der Waals surface area contributed by atoms with Crippen LogP contribution in [0.15, 0.2) is 64.6 Å². The van der Waals surface area contributed by atoms with Crippen molar-refractivity contribution in [3.05, 3.63) is 87.1 Å². The molecule has 0 radical (unpaired) electrons. The Morgan fingerprint density at radius 1 is 1.18 bits per heavy atom. The Hall–Kier alpha value is -4.00. The highest BCUT2D eigenvalue weighted by Gasteiger charge is 2.38. The summed E-state index contributed by atoms with van der Waals surface area (Å²) in [7, 11) is 1.52. The lowest BCUT2D eigenvalue weighted by Gasteiger charge is -2.39. The fourth-order valence-corrected chi connectivity index (χ4v) is 6.01. The topological polar surface area (TPSA) is 71.0 Å². The van der Waals surface area contributed by atoms with E-state index in [1.807, 2.05) is 13.8 Å². The fourth-order valence-electron chi connectivity index (χ4n) is 6.01. The highest BCUT2D eigenvalue weighted by atomic mass is 19.1. The maximum Gasteiger partial charge on any atom is 0.254 e. The molecule has 0 aromatic heterocycles. The molecule has 0 fully saturated rings. The lowest BCUT2D eigenvalue weighted by molar-refractivity contribution is 0.0772. The van der Waals surface area contributed by atoms with Gasteiger partial charge in [-0.3, -0.25) is 4.79 Å². The Balaban J connectivity index is 1.78. The van der Waals surface area contributed by atoms with Crippen LogP contribution < -0.4 is 14.8 Å². The van der Waals surface area contributed by atoms with E-state index in [-0.39, 0.29) is 28.3 Å². The van der Waals surface area contributed by atoms with Gasteiger partial charge in [-0.15, -0.1) is 0 Å². The van der Waals surface area contributed by atoms with Crippen molar-refractivity contribution in [2.24, 2.45) is 0 Å². The van der Waals surface area contributed by atoms with Gasteiger partial charge in [-0.05, 0) is 88.9 Å². The zero-order valence-corrected chi connectivity index (χ0v) is 23.4. The number of hydrogen-bond donors (Lipinski definition) is 2. The van der Waals surface area contributed by atoms with Crippen LogP contribution in [0.1, 0.15) is 68.9 Å². The number of nitrogens with one attached hydrogen (secondary N) is 1. The molecule has 0 saturated carbocycles. The van der Waals surface area contributed by atoms with Gasteiger partial charge in [0.2, 0.25) is 0 Å². The third-order valence-corrected chi connectivity index (χ3v) is 7.60. The van der Waals surface area contributed by atoms with E-state index in [1.54, 1.807) is 29.2 Å². The van der Waals surface area contributed by atoms with Crippen molar-refractivity contribution in [3.63, 3.8) is 0 Å². The standard InChI is InChI=1S/C32H35FN2O4/c1-7-35(8-2)31(37)19-10-9-11-22(33)21(19)16-26-28-20(29-25(39-26)15-14-24(36)30(29)38-6)12-13-23-27(28)18(3)17-32(4,5)34-23/h9-11,14-17,34,36H,7-8,12-13H2,1-6H3/b26-16-. The molecule has 2 N–H and O–H groups in total. The number of allylic oxidation sites excluding steroid dienone is 4. The van der Waals surface area contributed by atoms with Gasteiger partial charge in [-0.1, -0.05) is 12.1 Å². The number of halogens is 1. The normalized spacial score (nSPS) is 18.4. The predicted octanol–water partition coefficient (Wildman–Crippen LogP) is 6.59. The molecule has 1 aliphatic carbocycles. The first-order chi connectivity index (χ1) is 18.6. The Kier molecular flexibility index (Phi) is 6.79. The van der Waals surface area contributed by atoms with Crippen LogP contribution in [0.3, 0.4) is 0 Å². The highest BCUT2D eigenvalue weighted by Crippen LogP contribution is 2.54. The van der Waals surface area contributed by atoms with Crippen molar-refractivity contribution in [3.8, 4) is 17.2 Å². The number of benzene rings is 2. The SMILES string of the molecule is CCN(CC)C(=O)c1cccc(F)c1/C=C1\Oc2ccc(O)c(OC)c2C2=C1C1=C(CC2)NC(C)(C)C=C1C. The van der Waals surface area contributed by atoms with Crippen molar-refractivity contribution >= 4 is 17.6 Å². The number of carbonyl (C=O) groups is 1. The van der Waals surface area contributed by atoms with Crippen LogP contribution >= 0.6 is 0 Å². The number of nitrogens with zero attached hydrogens (tertiary/aromatic N) is 1. The largest absolute Gasteiger partial charge is 0.504 e. The average Bonchev–Trinajstić information content (AvgIpc) is 2.89. The second-order valence-electron chi connectivity index (χ2n) is 10.7. The number of carbonyl (C=O) groups excluding carboxylic acids is 1. The van der Waals surface area contributed by atoms with E-state index in [0.29, 0.717) is 42.3 Å². The third kappa shape index (κ3) is 4.50. The lowest BCUT2D eigenvalue weighted by atomic mass is 9.76. The zero-order chi connectivity index (χ0) is 28.1. The molecule has 0 unspecified atom stereocenters. The number of hydrogen-bond acceptors (Lipinski definition) is 5. The molecule has 2 aromatic carbocycles. The summed E-state index contributed by atoms with van der Waals surface area (Å²) in [6.07, 6.45) is 5.25. The van der Waals surface area contributed by atoms with Gasteiger partial charge in [-0.2, -0.15) is 0 Å². The van der Waals surface area contributed by atoms with Crippen molar-refractivity contribution in [2.45, 2.75) is 53.0 Å². The molecule has 5 rings (SSSR count). The van der Waals surface area contributed by atoms with Crippen LogP contribution in [-0.4, -0.2) is 41.7 Å². The van der Waals surface area contributed by atoms with Crippen LogP contribution in [0, 0.1) is 5.82 Å². The smallest absolute Gasteiger partial charge is 0.254 e. The van der Waals surface area contributed by atoms with E-state index < -0.39 is 5.82 Å². The highest BCUT2D eigenvalue weighted by molar-refractivity contribution is 5.99. The summed E-state index contributed by atoms with van der Waals surface area (Å²) >= 11 is 0. The van der Waals surface area contributed by atoms with Crippen LogP contribution in [0.25, 0.3) is 11.6 Å².